The predicted molar refractivity (Wildman–Crippen MR) is 97.7 cm³/mol. The molecule has 0 aliphatic heterocycles. The third-order valence-corrected chi connectivity index (χ3v) is 4.32. The zero-order valence-electron chi connectivity index (χ0n) is 13.3. The Balaban J connectivity index is 2.02. The molecule has 1 amide bonds. The average molecular weight is 407 g/mol. The van der Waals surface area contributed by atoms with E-state index in [1.807, 2.05) is 39.0 Å². The number of nitrogens with zero attached hydrogens (tertiary/aromatic N) is 3. The number of carbonyl (C=O) groups is 1. The molecule has 3 aromatic rings. The maximum Gasteiger partial charge on any atom is 0.281 e. The van der Waals surface area contributed by atoms with Crippen LogP contribution in [0.4, 0.5) is 5.13 Å². The van der Waals surface area contributed by atoms with Gasteiger partial charge >= 0.3 is 0 Å². The summed E-state index contributed by atoms with van der Waals surface area (Å²) in [5.41, 5.74) is 0.931. The van der Waals surface area contributed by atoms with Crippen LogP contribution in [0.5, 0.6) is 5.88 Å². The van der Waals surface area contributed by atoms with Gasteiger partial charge in [0.05, 0.1) is 11.0 Å². The summed E-state index contributed by atoms with van der Waals surface area (Å²) in [4.78, 5) is 25.7. The molecule has 124 valence electrons. The molecule has 0 bridgehead atoms. The first-order valence-electron chi connectivity index (χ1n) is 7.20. The summed E-state index contributed by atoms with van der Waals surface area (Å²) in [6, 6.07) is 7.35. The van der Waals surface area contributed by atoms with Crippen molar-refractivity contribution in [2.24, 2.45) is 0 Å². The van der Waals surface area contributed by atoms with Crippen LogP contribution in [0.15, 0.2) is 34.2 Å². The van der Waals surface area contributed by atoms with Crippen molar-refractivity contribution in [3.05, 3.63) is 39.9 Å². The van der Waals surface area contributed by atoms with E-state index in [0.29, 0.717) is 20.8 Å². The smallest absolute Gasteiger partial charge is 0.281 e. The van der Waals surface area contributed by atoms with Crippen LogP contribution in [0.1, 0.15) is 31.3 Å². The van der Waals surface area contributed by atoms with Gasteiger partial charge in [-0.15, -0.1) is 11.3 Å². The molecule has 0 saturated carbocycles. The lowest BCUT2D eigenvalue weighted by atomic mass is 10.2. The summed E-state index contributed by atoms with van der Waals surface area (Å²) in [5, 5.41) is 4.99. The molecule has 6 nitrogen and oxygen atoms in total. The summed E-state index contributed by atoms with van der Waals surface area (Å²) in [6.07, 6.45) is 0. The lowest BCUT2D eigenvalue weighted by molar-refractivity contribution is 0.0984. The standard InChI is InChI=1S/C16H15BrN4O2S/c1-16(2,3)23-14-12(13(22)21-15-20-11(17)8-24-15)18-9-6-4-5-7-10(9)19-14/h4-8H,1-3H3,(H,20,21,22). The molecule has 0 aliphatic carbocycles. The number of hydrogen-bond donors (Lipinski definition) is 1. The molecular weight excluding hydrogens is 392 g/mol. The minimum atomic E-state index is -0.504. The van der Waals surface area contributed by atoms with Gasteiger partial charge in [0, 0.05) is 5.38 Å². The van der Waals surface area contributed by atoms with Crippen molar-refractivity contribution < 1.29 is 9.53 Å². The topological polar surface area (TPSA) is 77.0 Å². The predicted octanol–water partition coefficient (Wildman–Crippen LogP) is 4.28. The Hall–Kier alpha value is -2.06. The minimum absolute atomic E-state index is 0.134. The highest BCUT2D eigenvalue weighted by Crippen LogP contribution is 2.25. The number of thiazole rings is 1. The zero-order chi connectivity index (χ0) is 17.3. The molecule has 0 aliphatic rings. The van der Waals surface area contributed by atoms with Gasteiger partial charge in [0.2, 0.25) is 5.88 Å². The maximum absolute atomic E-state index is 12.6. The molecule has 1 N–H and O–H groups in total. The Morgan fingerprint density at radius 2 is 1.83 bits per heavy atom. The first kappa shape index (κ1) is 16.8. The number of para-hydroxylation sites is 2. The van der Waals surface area contributed by atoms with Crippen LogP contribution in [-0.4, -0.2) is 26.5 Å². The van der Waals surface area contributed by atoms with Crippen LogP contribution in [-0.2, 0) is 0 Å². The molecule has 3 rings (SSSR count). The van der Waals surface area contributed by atoms with E-state index in [9.17, 15) is 4.79 Å². The monoisotopic (exact) mass is 406 g/mol. The molecular formula is C16H15BrN4O2S. The molecule has 0 spiro atoms. The molecule has 0 saturated heterocycles. The van der Waals surface area contributed by atoms with Gasteiger partial charge in [-0.25, -0.2) is 15.0 Å². The number of rotatable bonds is 3. The van der Waals surface area contributed by atoms with Crippen molar-refractivity contribution in [3.63, 3.8) is 0 Å². The highest BCUT2D eigenvalue weighted by Gasteiger charge is 2.23. The van der Waals surface area contributed by atoms with Gasteiger partial charge in [-0.1, -0.05) is 12.1 Å². The second kappa shape index (κ2) is 6.45. The number of halogens is 1. The molecule has 0 atom stereocenters. The number of fused-ring (bicyclic) bond motifs is 1. The number of nitrogens with one attached hydrogen (secondary N) is 1. The van der Waals surface area contributed by atoms with Crippen molar-refractivity contribution in [2.45, 2.75) is 26.4 Å². The molecule has 1 aromatic carbocycles. The summed E-state index contributed by atoms with van der Waals surface area (Å²) in [5.74, 6) is -0.205. The van der Waals surface area contributed by atoms with Crippen molar-refractivity contribution in [1.82, 2.24) is 15.0 Å². The zero-order valence-corrected chi connectivity index (χ0v) is 15.7. The molecule has 24 heavy (non-hydrogen) atoms. The summed E-state index contributed by atoms with van der Waals surface area (Å²) in [6.45, 7) is 5.68. The van der Waals surface area contributed by atoms with Crippen LogP contribution in [0.3, 0.4) is 0 Å². The number of ether oxygens (including phenoxy) is 1. The van der Waals surface area contributed by atoms with Crippen molar-refractivity contribution in [1.29, 1.82) is 0 Å². The van der Waals surface area contributed by atoms with E-state index in [2.05, 4.69) is 36.2 Å². The lowest BCUT2D eigenvalue weighted by Gasteiger charge is -2.21. The number of amides is 1. The van der Waals surface area contributed by atoms with E-state index < -0.39 is 11.5 Å². The first-order chi connectivity index (χ1) is 11.3. The van der Waals surface area contributed by atoms with E-state index in [-0.39, 0.29) is 11.6 Å². The molecule has 2 heterocycles. The number of hydrogen-bond acceptors (Lipinski definition) is 6. The Labute approximate surface area is 151 Å². The van der Waals surface area contributed by atoms with Crippen LogP contribution in [0.2, 0.25) is 0 Å². The van der Waals surface area contributed by atoms with Gasteiger partial charge in [-0.2, -0.15) is 0 Å². The molecule has 0 unspecified atom stereocenters. The first-order valence-corrected chi connectivity index (χ1v) is 8.87. The van der Waals surface area contributed by atoms with Crippen LogP contribution in [0.25, 0.3) is 11.0 Å². The fourth-order valence-corrected chi connectivity index (χ4v) is 3.10. The largest absolute Gasteiger partial charge is 0.470 e. The Bertz CT molecular complexity index is 904. The highest BCUT2D eigenvalue weighted by molar-refractivity contribution is 9.10. The van der Waals surface area contributed by atoms with Crippen LogP contribution < -0.4 is 10.1 Å². The highest BCUT2D eigenvalue weighted by atomic mass is 79.9. The molecule has 8 heteroatoms. The maximum atomic E-state index is 12.6. The van der Waals surface area contributed by atoms with Gasteiger partial charge in [0.1, 0.15) is 10.2 Å². The number of aromatic nitrogens is 3. The normalized spacial score (nSPS) is 11.5. The molecule has 0 fully saturated rings. The van der Waals surface area contributed by atoms with Gasteiger partial charge in [-0.3, -0.25) is 10.1 Å². The van der Waals surface area contributed by atoms with Gasteiger partial charge in [0.15, 0.2) is 10.8 Å². The summed E-state index contributed by atoms with van der Waals surface area (Å²) in [7, 11) is 0. The third kappa shape index (κ3) is 3.88. The van der Waals surface area contributed by atoms with Crippen molar-refractivity contribution >= 4 is 49.3 Å². The summed E-state index contributed by atoms with van der Waals surface area (Å²) < 4.78 is 6.51. The van der Waals surface area contributed by atoms with Crippen molar-refractivity contribution in [3.8, 4) is 5.88 Å². The summed E-state index contributed by atoms with van der Waals surface area (Å²) >= 11 is 4.58. The van der Waals surface area contributed by atoms with Crippen LogP contribution in [0, 0.1) is 0 Å². The fourth-order valence-electron chi connectivity index (χ4n) is 1.96. The van der Waals surface area contributed by atoms with E-state index in [1.165, 1.54) is 11.3 Å². The Kier molecular flexibility index (Phi) is 4.51. The number of anilines is 1. The fraction of sp³-hybridized carbons (Fsp3) is 0.250. The van der Waals surface area contributed by atoms with Crippen molar-refractivity contribution in [2.75, 3.05) is 5.32 Å². The second-order valence-corrected chi connectivity index (χ2v) is 7.68. The minimum Gasteiger partial charge on any atom is -0.470 e. The Morgan fingerprint density at radius 3 is 2.42 bits per heavy atom. The van der Waals surface area contributed by atoms with E-state index >= 15 is 0 Å². The number of benzene rings is 1. The SMILES string of the molecule is CC(C)(C)Oc1nc2ccccc2nc1C(=O)Nc1nc(Br)cs1. The van der Waals surface area contributed by atoms with Gasteiger partial charge in [0.25, 0.3) is 5.91 Å². The molecule has 0 radical (unpaired) electrons. The average Bonchev–Trinajstić information content (AvgIpc) is 2.90. The van der Waals surface area contributed by atoms with Crippen LogP contribution >= 0.6 is 27.3 Å². The van der Waals surface area contributed by atoms with Gasteiger partial charge < -0.3 is 4.74 Å². The second-order valence-electron chi connectivity index (χ2n) is 6.01. The number of carbonyl (C=O) groups excluding carboxylic acids is 1. The Morgan fingerprint density at radius 1 is 1.17 bits per heavy atom. The lowest BCUT2D eigenvalue weighted by Crippen LogP contribution is -2.26. The molecule has 2 aromatic heterocycles. The van der Waals surface area contributed by atoms with Gasteiger partial charge in [-0.05, 0) is 48.8 Å². The third-order valence-electron chi connectivity index (χ3n) is 2.85. The quantitative estimate of drug-likeness (QED) is 0.702. The van der Waals surface area contributed by atoms with E-state index in [4.69, 9.17) is 4.74 Å². The van der Waals surface area contributed by atoms with E-state index in [1.54, 1.807) is 11.4 Å². The van der Waals surface area contributed by atoms with E-state index in [0.717, 1.165) is 0 Å².